The Bertz CT molecular complexity index is 585. The minimum atomic E-state index is -4.93. The fraction of sp³-hybridized carbons (Fsp3) is 0.111. The van der Waals surface area contributed by atoms with E-state index >= 15 is 0 Å². The molecule has 0 saturated heterocycles. The van der Waals surface area contributed by atoms with E-state index in [4.69, 9.17) is 0 Å². The molecule has 4 nitrogen and oxygen atoms in total. The van der Waals surface area contributed by atoms with Crippen molar-refractivity contribution in [3.63, 3.8) is 0 Å². The maximum atomic E-state index is 12.3. The van der Waals surface area contributed by atoms with E-state index in [1.165, 1.54) is 30.5 Å². The van der Waals surface area contributed by atoms with Crippen LogP contribution in [0.15, 0.2) is 30.5 Å². The zero-order valence-electron chi connectivity index (χ0n) is 9.52. The smallest absolute Gasteiger partial charge is 0.448 e. The molecule has 2 rings (SSSR count). The summed E-state index contributed by atoms with van der Waals surface area (Å²) >= 11 is 0. The molecule has 0 atom stereocenters. The molecule has 0 radical (unpaired) electrons. The van der Waals surface area contributed by atoms with Gasteiger partial charge in [-0.05, 0) is 18.6 Å². The molecule has 18 heavy (non-hydrogen) atoms. The van der Waals surface area contributed by atoms with Gasteiger partial charge in [0, 0.05) is 29.2 Å². The van der Waals surface area contributed by atoms with Gasteiger partial charge in [0.1, 0.15) is 0 Å². The second kappa shape index (κ2) is 5.74. The topological polar surface area (TPSA) is 48.1 Å². The van der Waals surface area contributed by atoms with Crippen LogP contribution in [0.3, 0.4) is 0 Å². The van der Waals surface area contributed by atoms with Gasteiger partial charge < -0.3 is 17.5 Å². The molecular formula is C9H7BF3KN2O2. The van der Waals surface area contributed by atoms with Crippen LogP contribution in [-0.2, 0) is 6.44 Å². The number of aromatic nitrogens is 1. The molecule has 0 unspecified atom stereocenters. The molecule has 1 aromatic heterocycles. The third-order valence-corrected chi connectivity index (χ3v) is 2.37. The number of non-ortho nitro benzene ring substituents is 1. The maximum Gasteiger partial charge on any atom is 1.00 e. The Balaban J connectivity index is 0.00000162. The van der Waals surface area contributed by atoms with Crippen LogP contribution in [0.4, 0.5) is 18.6 Å². The monoisotopic (exact) mass is 282 g/mol. The molecule has 90 valence electrons. The second-order valence-corrected chi connectivity index (χ2v) is 3.68. The first-order valence-corrected chi connectivity index (χ1v) is 4.81. The van der Waals surface area contributed by atoms with Gasteiger partial charge in [-0.1, -0.05) is 0 Å². The summed E-state index contributed by atoms with van der Waals surface area (Å²) < 4.78 is 37.9. The fourth-order valence-electron chi connectivity index (χ4n) is 1.68. The van der Waals surface area contributed by atoms with Crippen molar-refractivity contribution in [1.29, 1.82) is 0 Å². The van der Waals surface area contributed by atoms with Crippen LogP contribution < -0.4 is 51.4 Å². The molecule has 0 aliphatic rings. The number of nitro groups is 1. The van der Waals surface area contributed by atoms with Gasteiger partial charge in [0.15, 0.2) is 0 Å². The summed E-state index contributed by atoms with van der Waals surface area (Å²) in [6.45, 7) is -4.93. The number of halogens is 3. The van der Waals surface area contributed by atoms with E-state index in [-0.39, 0.29) is 57.1 Å². The minimum absolute atomic E-state index is 0. The molecular weight excluding hydrogens is 275 g/mol. The number of fused-ring (bicyclic) bond motifs is 1. The van der Waals surface area contributed by atoms with Crippen molar-refractivity contribution >= 4 is 23.6 Å². The molecule has 0 N–H and O–H groups in total. The molecule has 0 amide bonds. The van der Waals surface area contributed by atoms with E-state index in [1.54, 1.807) is 0 Å². The summed E-state index contributed by atoms with van der Waals surface area (Å²) in [5, 5.41) is 10.9. The summed E-state index contributed by atoms with van der Waals surface area (Å²) in [6, 6.07) is 5.22. The van der Waals surface area contributed by atoms with Crippen molar-refractivity contribution in [1.82, 2.24) is 4.57 Å². The van der Waals surface area contributed by atoms with Gasteiger partial charge in [0.25, 0.3) is 5.69 Å². The van der Waals surface area contributed by atoms with Crippen LogP contribution in [0, 0.1) is 10.1 Å². The minimum Gasteiger partial charge on any atom is -0.448 e. The number of benzene rings is 1. The molecule has 0 bridgehead atoms. The van der Waals surface area contributed by atoms with E-state index in [1.807, 2.05) is 0 Å². The first-order valence-electron chi connectivity index (χ1n) is 4.81. The fourth-order valence-corrected chi connectivity index (χ4v) is 1.68. The van der Waals surface area contributed by atoms with Crippen LogP contribution >= 0.6 is 0 Å². The van der Waals surface area contributed by atoms with Crippen molar-refractivity contribution < 1.29 is 69.3 Å². The Kier molecular flexibility index (Phi) is 5.01. The number of hydrogen-bond acceptors (Lipinski definition) is 2. The third-order valence-electron chi connectivity index (χ3n) is 2.37. The van der Waals surface area contributed by atoms with Gasteiger partial charge in [0.2, 0.25) is 0 Å². The Hall–Kier alpha value is -0.349. The molecule has 2 aromatic rings. The zero-order chi connectivity index (χ0) is 12.6. The summed E-state index contributed by atoms with van der Waals surface area (Å²) in [5.74, 6) is 0. The summed E-state index contributed by atoms with van der Waals surface area (Å²) in [6.07, 6.45) is 0.241. The number of nitro benzene ring substituents is 1. The van der Waals surface area contributed by atoms with Crippen LogP contribution in [0.5, 0.6) is 0 Å². The number of hydrogen-bond donors (Lipinski definition) is 0. The van der Waals surface area contributed by atoms with Crippen molar-refractivity contribution in [2.75, 3.05) is 0 Å². The summed E-state index contributed by atoms with van der Waals surface area (Å²) in [5.41, 5.74) is 0.211. The van der Waals surface area contributed by atoms with Crippen molar-refractivity contribution in [3.05, 3.63) is 40.6 Å². The Morgan fingerprint density at radius 1 is 1.28 bits per heavy atom. The van der Waals surface area contributed by atoms with E-state index in [9.17, 15) is 23.1 Å². The Morgan fingerprint density at radius 3 is 2.50 bits per heavy atom. The van der Waals surface area contributed by atoms with Gasteiger partial charge in [-0.25, -0.2) is 0 Å². The van der Waals surface area contributed by atoms with Gasteiger partial charge in [-0.2, -0.15) is 0 Å². The Labute approximate surface area is 143 Å². The summed E-state index contributed by atoms with van der Waals surface area (Å²) in [4.78, 5) is 9.92. The second-order valence-electron chi connectivity index (χ2n) is 3.68. The van der Waals surface area contributed by atoms with Gasteiger partial charge in [0.05, 0.1) is 4.92 Å². The standard InChI is InChI=1S/C9H7BF3N2O2.K/c11-10(12,13)6-14-4-3-7-5-8(15(16)17)1-2-9(7)14;/h1-5H,6H2;/q-1;+1. The van der Waals surface area contributed by atoms with Gasteiger partial charge in [-0.15, -0.1) is 0 Å². The molecule has 9 heteroatoms. The van der Waals surface area contributed by atoms with E-state index in [0.717, 1.165) is 4.57 Å². The molecule has 0 aliphatic heterocycles. The number of rotatable bonds is 3. The molecule has 0 saturated carbocycles. The van der Waals surface area contributed by atoms with Gasteiger partial charge >= 0.3 is 58.4 Å². The molecule has 1 aromatic carbocycles. The van der Waals surface area contributed by atoms with Crippen molar-refractivity contribution in [2.24, 2.45) is 0 Å². The molecule has 0 aliphatic carbocycles. The van der Waals surface area contributed by atoms with E-state index < -0.39 is 18.3 Å². The van der Waals surface area contributed by atoms with E-state index in [0.29, 0.717) is 10.9 Å². The average Bonchev–Trinajstić information content (AvgIpc) is 2.58. The number of nitrogens with zero attached hydrogens (tertiary/aromatic N) is 2. The quantitative estimate of drug-likeness (QED) is 0.450. The van der Waals surface area contributed by atoms with Crippen molar-refractivity contribution in [3.8, 4) is 0 Å². The third kappa shape index (κ3) is 3.58. The zero-order valence-corrected chi connectivity index (χ0v) is 12.6. The Morgan fingerprint density at radius 2 is 1.94 bits per heavy atom. The van der Waals surface area contributed by atoms with Crippen LogP contribution in [0.25, 0.3) is 10.9 Å². The molecule has 0 spiro atoms. The SMILES string of the molecule is O=[N+]([O-])c1ccc2c(ccn2C[B-](F)(F)F)c1.[K+]. The first-order chi connectivity index (χ1) is 7.87. The van der Waals surface area contributed by atoms with Gasteiger partial charge in [-0.3, -0.25) is 10.1 Å². The van der Waals surface area contributed by atoms with Crippen LogP contribution in [0.1, 0.15) is 0 Å². The maximum absolute atomic E-state index is 12.3. The predicted octanol–water partition coefficient (Wildman–Crippen LogP) is -0.0599. The summed E-state index contributed by atoms with van der Waals surface area (Å²) in [7, 11) is 0. The predicted molar refractivity (Wildman–Crippen MR) is 57.7 cm³/mol. The van der Waals surface area contributed by atoms with E-state index in [2.05, 4.69) is 0 Å². The first kappa shape index (κ1) is 15.7. The van der Waals surface area contributed by atoms with Crippen LogP contribution in [-0.4, -0.2) is 16.5 Å². The average molecular weight is 282 g/mol. The largest absolute Gasteiger partial charge is 1.00 e. The van der Waals surface area contributed by atoms with Crippen LogP contribution in [0.2, 0.25) is 0 Å². The molecule has 1 heterocycles. The van der Waals surface area contributed by atoms with Crippen molar-refractivity contribution in [2.45, 2.75) is 6.44 Å². The molecule has 0 fully saturated rings. The normalized spacial score (nSPS) is 11.3.